The Morgan fingerprint density at radius 2 is 2.00 bits per heavy atom. The second kappa shape index (κ2) is 5.07. The van der Waals surface area contributed by atoms with Crippen LogP contribution in [0.15, 0.2) is 16.8 Å². The van der Waals surface area contributed by atoms with Crippen molar-refractivity contribution in [2.24, 2.45) is 4.99 Å². The van der Waals surface area contributed by atoms with E-state index in [0.717, 1.165) is 12.1 Å². The van der Waals surface area contributed by atoms with Gasteiger partial charge in [0.25, 0.3) is 0 Å². The van der Waals surface area contributed by atoms with Crippen molar-refractivity contribution in [3.8, 4) is 0 Å². The maximum Gasteiger partial charge on any atom is 0.516 e. The molecule has 1 N–H and O–H groups in total. The molecule has 5 nitrogen and oxygen atoms in total. The molecule has 3 aliphatic heterocycles. The van der Waals surface area contributed by atoms with Gasteiger partial charge in [0, 0.05) is 25.5 Å². The normalized spacial score (nSPS) is 34.9. The molecule has 2 saturated heterocycles. The molecule has 3 rings (SSSR count). The van der Waals surface area contributed by atoms with Gasteiger partial charge < -0.3 is 14.6 Å². The molecule has 0 saturated carbocycles. The summed E-state index contributed by atoms with van der Waals surface area (Å²) in [5.41, 5.74) is -0.0244. The Morgan fingerprint density at radius 1 is 1.33 bits per heavy atom. The van der Waals surface area contributed by atoms with Crippen LogP contribution in [0.4, 0.5) is 4.39 Å². The average Bonchev–Trinajstić information content (AvgIpc) is 2.92. The number of alkyl halides is 1. The summed E-state index contributed by atoms with van der Waals surface area (Å²) in [5.74, 6) is 0. The molecule has 0 aromatic rings. The van der Waals surface area contributed by atoms with Crippen molar-refractivity contribution < 1.29 is 13.7 Å². The molecule has 2 atom stereocenters. The molecule has 7 heteroatoms. The van der Waals surface area contributed by atoms with Crippen molar-refractivity contribution in [1.29, 1.82) is 0 Å². The maximum atomic E-state index is 13.3. The first-order valence-corrected chi connectivity index (χ1v) is 7.52. The van der Waals surface area contributed by atoms with Crippen molar-refractivity contribution in [1.82, 2.24) is 10.2 Å². The van der Waals surface area contributed by atoms with Crippen LogP contribution in [0.2, 0.25) is 0 Å². The minimum Gasteiger partial charge on any atom is -0.398 e. The zero-order valence-electron chi connectivity index (χ0n) is 13.1. The van der Waals surface area contributed by atoms with Gasteiger partial charge >= 0.3 is 7.12 Å². The second-order valence-corrected chi connectivity index (χ2v) is 6.93. The highest BCUT2D eigenvalue weighted by molar-refractivity contribution is 6.54. The Morgan fingerprint density at radius 3 is 2.48 bits per heavy atom. The van der Waals surface area contributed by atoms with Gasteiger partial charge in [0.1, 0.15) is 12.3 Å². The van der Waals surface area contributed by atoms with Crippen LogP contribution in [0.1, 0.15) is 34.1 Å². The molecular formula is C14H23BFN3O2. The fourth-order valence-corrected chi connectivity index (χ4v) is 2.70. The lowest BCUT2D eigenvalue weighted by Crippen LogP contribution is -2.46. The van der Waals surface area contributed by atoms with E-state index in [1.54, 1.807) is 6.21 Å². The van der Waals surface area contributed by atoms with Crippen LogP contribution in [0, 0.1) is 0 Å². The molecule has 0 aromatic carbocycles. The summed E-state index contributed by atoms with van der Waals surface area (Å²) in [6.45, 7) is 9.28. The number of rotatable bonds is 2. The van der Waals surface area contributed by atoms with Crippen molar-refractivity contribution in [2.45, 2.75) is 57.7 Å². The van der Waals surface area contributed by atoms with Crippen molar-refractivity contribution >= 4 is 13.3 Å². The Labute approximate surface area is 125 Å². The van der Waals surface area contributed by atoms with Crippen molar-refractivity contribution in [3.05, 3.63) is 11.8 Å². The Bertz CT molecular complexity index is 465. The van der Waals surface area contributed by atoms with E-state index in [1.165, 1.54) is 0 Å². The van der Waals surface area contributed by atoms with Crippen molar-refractivity contribution in [3.63, 3.8) is 0 Å². The molecule has 0 bridgehead atoms. The Hall–Kier alpha value is -0.915. The number of nitrogens with zero attached hydrogens (tertiary/aromatic N) is 2. The van der Waals surface area contributed by atoms with E-state index < -0.39 is 13.3 Å². The van der Waals surface area contributed by atoms with Gasteiger partial charge in [0.15, 0.2) is 0 Å². The standard InChI is InChI=1S/C14H23BFN3O2/c1-13(2)14(3,4)21-15(20-13)11-7-18-12(8-17-11)19-6-5-10(16)9-19/h7-8,10,12,18H,5-6,9H2,1-4H3/t10-,12?/m0/s1. The van der Waals surface area contributed by atoms with Gasteiger partial charge in [0.05, 0.1) is 16.8 Å². The van der Waals surface area contributed by atoms with Gasteiger partial charge in [-0.25, -0.2) is 4.39 Å². The topological polar surface area (TPSA) is 46.1 Å². The van der Waals surface area contributed by atoms with E-state index in [2.05, 4.69) is 10.3 Å². The molecule has 2 fully saturated rings. The highest BCUT2D eigenvalue weighted by atomic mass is 19.1. The summed E-state index contributed by atoms with van der Waals surface area (Å²) in [5, 5.41) is 3.25. The molecule has 0 radical (unpaired) electrons. The summed E-state index contributed by atoms with van der Waals surface area (Å²) >= 11 is 0. The number of hydrogen-bond donors (Lipinski definition) is 1. The van der Waals surface area contributed by atoms with E-state index in [-0.39, 0.29) is 17.4 Å². The maximum absolute atomic E-state index is 13.3. The van der Waals surface area contributed by atoms with E-state index in [4.69, 9.17) is 9.31 Å². The average molecular weight is 295 g/mol. The zero-order chi connectivity index (χ0) is 15.3. The third-order valence-electron chi connectivity index (χ3n) is 4.82. The van der Waals surface area contributed by atoms with Crippen LogP contribution >= 0.6 is 0 Å². The molecule has 0 amide bonds. The van der Waals surface area contributed by atoms with Gasteiger partial charge in [-0.3, -0.25) is 9.89 Å². The fourth-order valence-electron chi connectivity index (χ4n) is 2.70. The highest BCUT2D eigenvalue weighted by Crippen LogP contribution is 2.38. The Balaban J connectivity index is 1.63. The third-order valence-corrected chi connectivity index (χ3v) is 4.82. The SMILES string of the molecule is CC1(C)OB(C2=CNC(N3CC[C@H](F)C3)C=N2)OC1(C)C. The van der Waals surface area contributed by atoms with Crippen LogP contribution in [0.3, 0.4) is 0 Å². The van der Waals surface area contributed by atoms with Crippen LogP contribution in [0.25, 0.3) is 0 Å². The fraction of sp³-hybridized carbons (Fsp3) is 0.786. The number of hydrogen-bond acceptors (Lipinski definition) is 5. The third kappa shape index (κ3) is 2.74. The van der Waals surface area contributed by atoms with E-state index >= 15 is 0 Å². The van der Waals surface area contributed by atoms with E-state index in [0.29, 0.717) is 13.0 Å². The minimum absolute atomic E-state index is 0.0445. The monoisotopic (exact) mass is 295 g/mol. The molecule has 1 unspecified atom stereocenters. The molecule has 0 spiro atoms. The smallest absolute Gasteiger partial charge is 0.398 e. The second-order valence-electron chi connectivity index (χ2n) is 6.93. The van der Waals surface area contributed by atoms with Crippen LogP contribution in [-0.4, -0.2) is 54.9 Å². The molecule has 21 heavy (non-hydrogen) atoms. The predicted octanol–water partition coefficient (Wildman–Crippen LogP) is 1.50. The molecular weight excluding hydrogens is 272 g/mol. The Kier molecular flexibility index (Phi) is 3.62. The molecule has 0 aliphatic carbocycles. The lowest BCUT2D eigenvalue weighted by molar-refractivity contribution is 0.00578. The van der Waals surface area contributed by atoms with Gasteiger partial charge in [-0.15, -0.1) is 0 Å². The molecule has 116 valence electrons. The van der Waals surface area contributed by atoms with Gasteiger partial charge in [-0.1, -0.05) is 0 Å². The van der Waals surface area contributed by atoms with Gasteiger partial charge in [0.2, 0.25) is 0 Å². The number of aliphatic imine (C=N–C) groups is 1. The summed E-state index contributed by atoms with van der Waals surface area (Å²) in [6, 6.07) is 0. The van der Waals surface area contributed by atoms with Gasteiger partial charge in [-0.05, 0) is 34.1 Å². The number of halogens is 1. The van der Waals surface area contributed by atoms with E-state index in [9.17, 15) is 4.39 Å². The van der Waals surface area contributed by atoms with Crippen molar-refractivity contribution in [2.75, 3.05) is 13.1 Å². The first-order valence-electron chi connectivity index (χ1n) is 7.52. The molecule has 3 aliphatic rings. The largest absolute Gasteiger partial charge is 0.516 e. The molecule has 3 heterocycles. The highest BCUT2D eigenvalue weighted by Gasteiger charge is 2.53. The first-order chi connectivity index (χ1) is 9.78. The van der Waals surface area contributed by atoms with Gasteiger partial charge in [-0.2, -0.15) is 0 Å². The minimum atomic E-state index is -0.728. The lowest BCUT2D eigenvalue weighted by atomic mass is 9.85. The van der Waals surface area contributed by atoms with E-state index in [1.807, 2.05) is 38.8 Å². The summed E-state index contributed by atoms with van der Waals surface area (Å²) in [7, 11) is -0.466. The first kappa shape index (κ1) is 15.0. The quantitative estimate of drug-likeness (QED) is 0.784. The number of nitrogens with one attached hydrogen (secondary N) is 1. The lowest BCUT2D eigenvalue weighted by Gasteiger charge is -2.32. The van der Waals surface area contributed by atoms with Crippen LogP contribution in [0.5, 0.6) is 0 Å². The number of likely N-dealkylation sites (tertiary alicyclic amines) is 1. The van der Waals surface area contributed by atoms with Crippen LogP contribution < -0.4 is 5.32 Å². The summed E-state index contributed by atoms with van der Waals surface area (Å²) < 4.78 is 25.2. The summed E-state index contributed by atoms with van der Waals surface area (Å²) in [6.07, 6.45) is 3.45. The summed E-state index contributed by atoms with van der Waals surface area (Å²) in [4.78, 5) is 6.50. The molecule has 0 aromatic heterocycles. The van der Waals surface area contributed by atoms with Crippen LogP contribution in [-0.2, 0) is 9.31 Å². The predicted molar refractivity (Wildman–Crippen MR) is 80.7 cm³/mol. The zero-order valence-corrected chi connectivity index (χ0v) is 13.1.